The Kier molecular flexibility index (Phi) is 3.98. The number of rotatable bonds is 5. The third-order valence-electron chi connectivity index (χ3n) is 2.49. The van der Waals surface area contributed by atoms with Crippen LogP contribution in [0.3, 0.4) is 0 Å². The summed E-state index contributed by atoms with van der Waals surface area (Å²) in [6.07, 6.45) is 0. The topological polar surface area (TPSA) is 110 Å². The van der Waals surface area contributed by atoms with Crippen LogP contribution in [-0.4, -0.2) is 34.0 Å². The molecule has 18 heavy (non-hydrogen) atoms. The highest BCUT2D eigenvalue weighted by Crippen LogP contribution is 2.08. The zero-order valence-electron chi connectivity index (χ0n) is 9.62. The van der Waals surface area contributed by atoms with E-state index >= 15 is 0 Å². The molecule has 0 saturated heterocycles. The van der Waals surface area contributed by atoms with E-state index in [1.54, 1.807) is 18.2 Å². The summed E-state index contributed by atoms with van der Waals surface area (Å²) in [4.78, 5) is 32.2. The van der Waals surface area contributed by atoms with Gasteiger partial charge in [-0.25, -0.2) is 4.79 Å². The summed E-state index contributed by atoms with van der Waals surface area (Å²) in [5.74, 6) is -2.15. The molecule has 7 nitrogen and oxygen atoms in total. The first-order valence-electron chi connectivity index (χ1n) is 5.09. The molecule has 1 rings (SSSR count). The molecule has 7 heteroatoms. The summed E-state index contributed by atoms with van der Waals surface area (Å²) in [5.41, 5.74) is -1.92. The predicted octanol–water partition coefficient (Wildman–Crippen LogP) is 0.536. The summed E-state index contributed by atoms with van der Waals surface area (Å²) >= 11 is 0. The van der Waals surface area contributed by atoms with Gasteiger partial charge in [-0.2, -0.15) is 0 Å². The van der Waals surface area contributed by atoms with Crippen molar-refractivity contribution in [2.75, 3.05) is 6.54 Å². The third kappa shape index (κ3) is 2.82. The molecule has 96 valence electrons. The minimum absolute atomic E-state index is 0.314. The molecule has 1 unspecified atom stereocenters. The fourth-order valence-corrected chi connectivity index (χ4v) is 1.16. The molecular formula is C11H12N2O5. The van der Waals surface area contributed by atoms with Crippen molar-refractivity contribution in [2.24, 2.45) is 0 Å². The van der Waals surface area contributed by atoms with Crippen molar-refractivity contribution in [3.63, 3.8) is 0 Å². The summed E-state index contributed by atoms with van der Waals surface area (Å²) in [6.45, 7) is 0.365. The highest BCUT2D eigenvalue weighted by molar-refractivity contribution is 5.94. The fourth-order valence-electron chi connectivity index (χ4n) is 1.16. The van der Waals surface area contributed by atoms with E-state index in [1.807, 2.05) is 0 Å². The number of carboxylic acids is 1. The van der Waals surface area contributed by atoms with Gasteiger partial charge in [-0.05, 0) is 12.1 Å². The molecule has 0 radical (unpaired) electrons. The summed E-state index contributed by atoms with van der Waals surface area (Å²) in [5, 5.41) is 21.7. The first-order valence-corrected chi connectivity index (χ1v) is 5.09. The lowest BCUT2D eigenvalue weighted by atomic mass is 10.0. The first kappa shape index (κ1) is 13.6. The SMILES string of the molecule is CC(CNC(=O)c1ccccc1)(C(=O)O)[N+](=O)[O-]. The molecule has 1 aromatic rings. The molecule has 1 aromatic carbocycles. The molecule has 0 aliphatic rings. The molecule has 0 fully saturated rings. The monoisotopic (exact) mass is 252 g/mol. The number of amides is 1. The third-order valence-corrected chi connectivity index (χ3v) is 2.49. The van der Waals surface area contributed by atoms with Gasteiger partial charge in [-0.15, -0.1) is 0 Å². The number of carbonyl (C=O) groups excluding carboxylic acids is 1. The maximum Gasteiger partial charge on any atom is 0.384 e. The molecule has 0 bridgehead atoms. The van der Waals surface area contributed by atoms with Gasteiger partial charge >= 0.3 is 11.5 Å². The van der Waals surface area contributed by atoms with E-state index in [0.29, 0.717) is 5.56 Å². The Labute approximate surface area is 103 Å². The van der Waals surface area contributed by atoms with Gasteiger partial charge in [0.15, 0.2) is 0 Å². The number of nitro groups is 1. The van der Waals surface area contributed by atoms with Crippen LogP contribution in [0.5, 0.6) is 0 Å². The normalized spacial score (nSPS) is 13.4. The molecule has 0 saturated carbocycles. The number of carboxylic acid groups (broad SMARTS) is 1. The maximum absolute atomic E-state index is 11.6. The average molecular weight is 252 g/mol. The van der Waals surface area contributed by atoms with Crippen LogP contribution >= 0.6 is 0 Å². The van der Waals surface area contributed by atoms with Gasteiger partial charge in [0, 0.05) is 17.4 Å². The molecule has 1 atom stereocenters. The Hall–Kier alpha value is -2.44. The van der Waals surface area contributed by atoms with Gasteiger partial charge in [-0.3, -0.25) is 14.9 Å². The molecule has 0 spiro atoms. The lowest BCUT2D eigenvalue weighted by molar-refractivity contribution is -0.547. The van der Waals surface area contributed by atoms with Crippen LogP contribution in [-0.2, 0) is 4.79 Å². The van der Waals surface area contributed by atoms with Crippen LogP contribution in [0.15, 0.2) is 30.3 Å². The highest BCUT2D eigenvalue weighted by atomic mass is 16.6. The second kappa shape index (κ2) is 5.26. The molecule has 0 aliphatic carbocycles. The minimum Gasteiger partial charge on any atom is -0.476 e. The van der Waals surface area contributed by atoms with Crippen molar-refractivity contribution >= 4 is 11.9 Å². The number of hydrogen-bond donors (Lipinski definition) is 2. The van der Waals surface area contributed by atoms with Gasteiger partial charge in [0.05, 0.1) is 6.54 Å². The largest absolute Gasteiger partial charge is 0.476 e. The maximum atomic E-state index is 11.6. The van der Waals surface area contributed by atoms with Gasteiger partial charge in [0.2, 0.25) is 0 Å². The average Bonchev–Trinajstić information content (AvgIpc) is 2.36. The van der Waals surface area contributed by atoms with Gasteiger partial charge in [-0.1, -0.05) is 18.2 Å². The molecule has 0 aromatic heterocycles. The number of nitrogens with zero attached hydrogens (tertiary/aromatic N) is 1. The van der Waals surface area contributed by atoms with Crippen molar-refractivity contribution in [3.8, 4) is 0 Å². The van der Waals surface area contributed by atoms with Crippen molar-refractivity contribution in [1.82, 2.24) is 5.32 Å². The molecular weight excluding hydrogens is 240 g/mol. The fraction of sp³-hybridized carbons (Fsp3) is 0.273. The summed E-state index contributed by atoms with van der Waals surface area (Å²) < 4.78 is 0. The zero-order valence-corrected chi connectivity index (χ0v) is 9.62. The van der Waals surface area contributed by atoms with Crippen LogP contribution < -0.4 is 5.32 Å². The van der Waals surface area contributed by atoms with Gasteiger partial charge in [0.1, 0.15) is 0 Å². The Balaban J connectivity index is 2.73. The summed E-state index contributed by atoms with van der Waals surface area (Å²) in [7, 11) is 0. The molecule has 0 heterocycles. The zero-order chi connectivity index (χ0) is 13.8. The number of benzene rings is 1. The van der Waals surface area contributed by atoms with Crippen LogP contribution in [0.1, 0.15) is 17.3 Å². The lowest BCUT2D eigenvalue weighted by Gasteiger charge is -2.16. The van der Waals surface area contributed by atoms with E-state index in [0.717, 1.165) is 6.92 Å². The smallest absolute Gasteiger partial charge is 0.384 e. The minimum atomic E-state index is -2.23. The Morgan fingerprint density at radius 1 is 1.39 bits per heavy atom. The van der Waals surface area contributed by atoms with Crippen LogP contribution in [0, 0.1) is 10.1 Å². The second-order valence-electron chi connectivity index (χ2n) is 3.88. The first-order chi connectivity index (χ1) is 8.38. The van der Waals surface area contributed by atoms with Crippen molar-refractivity contribution < 1.29 is 19.6 Å². The van der Waals surface area contributed by atoms with E-state index in [-0.39, 0.29) is 0 Å². The van der Waals surface area contributed by atoms with Crippen LogP contribution in [0.4, 0.5) is 0 Å². The van der Waals surface area contributed by atoms with Crippen molar-refractivity contribution in [1.29, 1.82) is 0 Å². The second-order valence-corrected chi connectivity index (χ2v) is 3.88. The van der Waals surface area contributed by atoms with Gasteiger partial charge < -0.3 is 10.4 Å². The number of nitrogens with one attached hydrogen (secondary N) is 1. The van der Waals surface area contributed by atoms with E-state index in [9.17, 15) is 19.7 Å². The Bertz CT molecular complexity index is 458. The molecule has 2 N–H and O–H groups in total. The van der Waals surface area contributed by atoms with E-state index in [2.05, 4.69) is 5.32 Å². The lowest BCUT2D eigenvalue weighted by Crippen LogP contribution is -2.52. The van der Waals surface area contributed by atoms with Crippen molar-refractivity contribution in [3.05, 3.63) is 46.0 Å². The summed E-state index contributed by atoms with van der Waals surface area (Å²) in [6, 6.07) is 8.05. The van der Waals surface area contributed by atoms with E-state index < -0.39 is 28.9 Å². The standard InChI is InChI=1S/C11H12N2O5/c1-11(10(15)16,13(17)18)7-12-9(14)8-5-3-2-4-6-8/h2-6H,7H2,1H3,(H,12,14)(H,15,16). The van der Waals surface area contributed by atoms with Crippen LogP contribution in [0.2, 0.25) is 0 Å². The van der Waals surface area contributed by atoms with Crippen molar-refractivity contribution in [2.45, 2.75) is 12.5 Å². The van der Waals surface area contributed by atoms with E-state index in [1.165, 1.54) is 12.1 Å². The Morgan fingerprint density at radius 2 is 1.94 bits per heavy atom. The molecule has 1 amide bonds. The highest BCUT2D eigenvalue weighted by Gasteiger charge is 2.46. The Morgan fingerprint density at radius 3 is 2.39 bits per heavy atom. The number of carbonyl (C=O) groups is 2. The number of hydrogen-bond acceptors (Lipinski definition) is 4. The van der Waals surface area contributed by atoms with Crippen LogP contribution in [0.25, 0.3) is 0 Å². The van der Waals surface area contributed by atoms with Gasteiger partial charge in [0.25, 0.3) is 5.91 Å². The quantitative estimate of drug-likeness (QED) is 0.587. The number of aliphatic carboxylic acids is 1. The molecule has 0 aliphatic heterocycles. The predicted molar refractivity (Wildman–Crippen MR) is 61.8 cm³/mol. The van der Waals surface area contributed by atoms with E-state index in [4.69, 9.17) is 5.11 Å².